The van der Waals surface area contributed by atoms with Gasteiger partial charge in [-0.25, -0.2) is 4.79 Å². The molecule has 0 saturated carbocycles. The van der Waals surface area contributed by atoms with Crippen LogP contribution in [0.1, 0.15) is 26.5 Å². The van der Waals surface area contributed by atoms with Gasteiger partial charge in [-0.05, 0) is 33.8 Å². The van der Waals surface area contributed by atoms with Gasteiger partial charge in [0.1, 0.15) is 0 Å². The van der Waals surface area contributed by atoms with Crippen molar-refractivity contribution in [3.8, 4) is 0 Å². The van der Waals surface area contributed by atoms with Crippen molar-refractivity contribution in [3.05, 3.63) is 18.0 Å². The summed E-state index contributed by atoms with van der Waals surface area (Å²) < 4.78 is 1.31. The first-order chi connectivity index (χ1) is 5.88. The van der Waals surface area contributed by atoms with Crippen LogP contribution >= 0.6 is 0 Å². The molecule has 0 aliphatic heterocycles. The number of rotatable bonds is 0. The van der Waals surface area contributed by atoms with Crippen LogP contribution in [0.25, 0.3) is 0 Å². The number of hydrogen-bond acceptors (Lipinski definition) is 2. The van der Waals surface area contributed by atoms with Gasteiger partial charge >= 0.3 is 6.03 Å². The minimum absolute atomic E-state index is 0.194. The van der Waals surface area contributed by atoms with Gasteiger partial charge in [-0.1, -0.05) is 0 Å². The Labute approximate surface area is 77.9 Å². The zero-order chi connectivity index (χ0) is 10.1. The topological polar surface area (TPSA) is 46.9 Å². The van der Waals surface area contributed by atoms with E-state index in [2.05, 4.69) is 10.4 Å². The third kappa shape index (κ3) is 2.89. The maximum absolute atomic E-state index is 11.5. The highest BCUT2D eigenvalue weighted by atomic mass is 16.2. The smallest absolute Gasteiger partial charge is 0.332 e. The summed E-state index contributed by atoms with van der Waals surface area (Å²) in [6, 6.07) is 1.60. The zero-order valence-electron chi connectivity index (χ0n) is 8.46. The molecule has 13 heavy (non-hydrogen) atoms. The molecule has 0 radical (unpaired) electrons. The molecule has 0 spiro atoms. The van der Waals surface area contributed by atoms with E-state index in [4.69, 9.17) is 0 Å². The lowest BCUT2D eigenvalue weighted by Gasteiger charge is -2.19. The molecule has 0 aliphatic carbocycles. The second-order valence-corrected chi connectivity index (χ2v) is 4.08. The molecule has 1 N–H and O–H groups in total. The van der Waals surface area contributed by atoms with E-state index in [0.717, 1.165) is 5.69 Å². The second-order valence-electron chi connectivity index (χ2n) is 4.08. The van der Waals surface area contributed by atoms with Crippen LogP contribution < -0.4 is 5.32 Å². The summed E-state index contributed by atoms with van der Waals surface area (Å²) in [5.74, 6) is 0. The predicted octanol–water partition coefficient (Wildman–Crippen LogP) is 1.55. The number of aromatic nitrogens is 2. The fraction of sp³-hybridized carbons (Fsp3) is 0.556. The van der Waals surface area contributed by atoms with Crippen molar-refractivity contribution in [2.24, 2.45) is 0 Å². The largest absolute Gasteiger partial charge is 0.342 e. The number of carbonyl (C=O) groups is 1. The molecule has 1 aromatic heterocycles. The first-order valence-corrected chi connectivity index (χ1v) is 4.23. The van der Waals surface area contributed by atoms with Crippen molar-refractivity contribution in [1.82, 2.24) is 15.1 Å². The highest BCUT2D eigenvalue weighted by molar-refractivity contribution is 5.76. The molecule has 4 heteroatoms. The van der Waals surface area contributed by atoms with Gasteiger partial charge in [-0.15, -0.1) is 0 Å². The first-order valence-electron chi connectivity index (χ1n) is 4.23. The van der Waals surface area contributed by atoms with Crippen molar-refractivity contribution < 1.29 is 4.79 Å². The van der Waals surface area contributed by atoms with Crippen LogP contribution in [0.2, 0.25) is 0 Å². The van der Waals surface area contributed by atoms with Gasteiger partial charge in [-0.3, -0.25) is 0 Å². The molecular weight excluding hydrogens is 166 g/mol. The molecule has 72 valence electrons. The summed E-state index contributed by atoms with van der Waals surface area (Å²) >= 11 is 0. The summed E-state index contributed by atoms with van der Waals surface area (Å²) in [7, 11) is 0. The molecule has 0 aromatic carbocycles. The molecule has 0 fully saturated rings. The van der Waals surface area contributed by atoms with Crippen molar-refractivity contribution in [2.75, 3.05) is 0 Å². The molecule has 0 aliphatic rings. The van der Waals surface area contributed by atoms with Crippen LogP contribution in [0.15, 0.2) is 12.3 Å². The monoisotopic (exact) mass is 181 g/mol. The number of nitrogens with zero attached hydrogens (tertiary/aromatic N) is 2. The molecule has 0 bridgehead atoms. The minimum atomic E-state index is -0.225. The number of nitrogens with one attached hydrogen (secondary N) is 1. The first kappa shape index (κ1) is 9.77. The fourth-order valence-electron chi connectivity index (χ4n) is 0.906. The van der Waals surface area contributed by atoms with E-state index in [0.29, 0.717) is 0 Å². The van der Waals surface area contributed by atoms with Crippen LogP contribution in [-0.2, 0) is 0 Å². The van der Waals surface area contributed by atoms with Crippen molar-refractivity contribution in [2.45, 2.75) is 33.2 Å². The van der Waals surface area contributed by atoms with Crippen molar-refractivity contribution in [1.29, 1.82) is 0 Å². The Kier molecular flexibility index (Phi) is 2.40. The van der Waals surface area contributed by atoms with Crippen LogP contribution in [0.4, 0.5) is 4.79 Å². The molecule has 0 saturated heterocycles. The summed E-state index contributed by atoms with van der Waals surface area (Å²) in [6.45, 7) is 7.64. The highest BCUT2D eigenvalue weighted by Gasteiger charge is 2.15. The van der Waals surface area contributed by atoms with E-state index in [-0.39, 0.29) is 11.6 Å². The lowest BCUT2D eigenvalue weighted by atomic mass is 10.1. The summed E-state index contributed by atoms with van der Waals surface area (Å²) in [5, 5.41) is 6.81. The molecule has 1 heterocycles. The Morgan fingerprint density at radius 1 is 1.54 bits per heavy atom. The van der Waals surface area contributed by atoms with Crippen LogP contribution in [0, 0.1) is 6.92 Å². The van der Waals surface area contributed by atoms with Gasteiger partial charge in [0.15, 0.2) is 0 Å². The Bertz CT molecular complexity index is 309. The molecule has 1 amide bonds. The quantitative estimate of drug-likeness (QED) is 0.660. The Morgan fingerprint density at radius 3 is 2.54 bits per heavy atom. The van der Waals surface area contributed by atoms with E-state index in [1.807, 2.05) is 27.7 Å². The maximum atomic E-state index is 11.5. The predicted molar refractivity (Wildman–Crippen MR) is 50.6 cm³/mol. The molecule has 1 rings (SSSR count). The van der Waals surface area contributed by atoms with Gasteiger partial charge < -0.3 is 5.32 Å². The van der Waals surface area contributed by atoms with E-state index in [1.165, 1.54) is 4.68 Å². The molecule has 4 nitrogen and oxygen atoms in total. The van der Waals surface area contributed by atoms with Crippen LogP contribution in [0.5, 0.6) is 0 Å². The van der Waals surface area contributed by atoms with Gasteiger partial charge in [0, 0.05) is 11.7 Å². The fourth-order valence-corrected chi connectivity index (χ4v) is 0.906. The van der Waals surface area contributed by atoms with E-state index in [9.17, 15) is 4.79 Å². The lowest BCUT2D eigenvalue weighted by Crippen LogP contribution is -2.43. The standard InChI is InChI=1S/C9H15N3O/c1-7-5-6-12(11-7)8(13)10-9(2,3)4/h5-6H,1-4H3,(H,10,13). The Balaban J connectivity index is 2.70. The average molecular weight is 181 g/mol. The van der Waals surface area contributed by atoms with Crippen molar-refractivity contribution in [3.63, 3.8) is 0 Å². The maximum Gasteiger partial charge on any atom is 0.342 e. The lowest BCUT2D eigenvalue weighted by molar-refractivity contribution is 0.230. The van der Waals surface area contributed by atoms with Gasteiger partial charge in [-0.2, -0.15) is 9.78 Å². The Hall–Kier alpha value is -1.32. The normalized spacial score (nSPS) is 11.4. The number of hydrogen-bond donors (Lipinski definition) is 1. The molecule has 0 unspecified atom stereocenters. The van der Waals surface area contributed by atoms with E-state index >= 15 is 0 Å². The van der Waals surface area contributed by atoms with Gasteiger partial charge in [0.2, 0.25) is 0 Å². The third-order valence-electron chi connectivity index (χ3n) is 1.41. The van der Waals surface area contributed by atoms with Gasteiger partial charge in [0.25, 0.3) is 0 Å². The number of amides is 1. The summed E-state index contributed by atoms with van der Waals surface area (Å²) in [4.78, 5) is 11.5. The summed E-state index contributed by atoms with van der Waals surface area (Å²) in [5.41, 5.74) is 0.612. The minimum Gasteiger partial charge on any atom is -0.332 e. The summed E-state index contributed by atoms with van der Waals surface area (Å²) in [6.07, 6.45) is 1.65. The SMILES string of the molecule is Cc1ccn(C(=O)NC(C)(C)C)n1. The average Bonchev–Trinajstić information content (AvgIpc) is 2.31. The number of carbonyl (C=O) groups excluding carboxylic acids is 1. The van der Waals surface area contributed by atoms with Crippen LogP contribution in [0.3, 0.4) is 0 Å². The van der Waals surface area contributed by atoms with Crippen molar-refractivity contribution >= 4 is 6.03 Å². The second kappa shape index (κ2) is 3.20. The molecule has 0 atom stereocenters. The zero-order valence-corrected chi connectivity index (χ0v) is 8.46. The number of aryl methyl sites for hydroxylation is 1. The Morgan fingerprint density at radius 2 is 2.15 bits per heavy atom. The van der Waals surface area contributed by atoms with E-state index < -0.39 is 0 Å². The molecule has 1 aromatic rings. The molecular formula is C9H15N3O. The van der Waals surface area contributed by atoms with Gasteiger partial charge in [0.05, 0.1) is 5.69 Å². The highest BCUT2D eigenvalue weighted by Crippen LogP contribution is 2.00. The van der Waals surface area contributed by atoms with E-state index in [1.54, 1.807) is 12.3 Å². The van der Waals surface area contributed by atoms with Crippen LogP contribution in [-0.4, -0.2) is 21.4 Å². The third-order valence-corrected chi connectivity index (χ3v) is 1.41.